The van der Waals surface area contributed by atoms with Crippen LogP contribution in [0.25, 0.3) is 0 Å². The number of aliphatic hydroxyl groups excluding tert-OH is 6. The number of nitrogens with zero attached hydrogens (tertiary/aromatic N) is 6. The molecule has 0 spiro atoms. The van der Waals surface area contributed by atoms with Crippen LogP contribution in [0.3, 0.4) is 0 Å². The van der Waals surface area contributed by atoms with E-state index in [-0.39, 0.29) is 93.4 Å². The van der Waals surface area contributed by atoms with Crippen LogP contribution in [0.5, 0.6) is 11.5 Å². The van der Waals surface area contributed by atoms with Crippen LogP contribution < -0.4 is 0 Å². The van der Waals surface area contributed by atoms with Gasteiger partial charge < -0.3 is 102 Å². The van der Waals surface area contributed by atoms with Gasteiger partial charge in [-0.15, -0.1) is 0 Å². The number of likely N-dealkylation sites (N-methyl/N-ethyl adjacent to an activating group) is 4. The quantitative estimate of drug-likeness (QED) is 0.0307. The van der Waals surface area contributed by atoms with Gasteiger partial charge in [-0.25, -0.2) is 0 Å². The summed E-state index contributed by atoms with van der Waals surface area (Å²) in [4.78, 5) is 18.3. The molecule has 0 saturated carbocycles. The minimum absolute atomic E-state index is 0. The average molecular weight is 1430 g/mol. The van der Waals surface area contributed by atoms with E-state index in [1.165, 1.54) is 41.5 Å². The molecular weight excluding hydrogens is 1320 g/mol. The Morgan fingerprint density at radius 3 is 0.877 bits per heavy atom. The van der Waals surface area contributed by atoms with Crippen molar-refractivity contribution in [1.29, 1.82) is 0 Å². The molecule has 29 heteroatoms. The van der Waals surface area contributed by atoms with Gasteiger partial charge in [-0.3, -0.25) is 9.98 Å². The number of aliphatic hydroxyl groups is 12. The predicted molar refractivity (Wildman–Crippen MR) is 315 cm³/mol. The maximum absolute atomic E-state index is 10.6. The first kappa shape index (κ1) is 112. The number of thioether (sulfide) groups is 2. The predicted octanol–water partition coefficient (Wildman–Crippen LogP) is 1.53. The number of rotatable bonds is 24. The van der Waals surface area contributed by atoms with Crippen LogP contribution in [0, 0.1) is 13.8 Å². The standard InChI is InChI=1S/2C20H35N3OS.6C2H6O2.5Ni.2H2O/c2*1-6-23(7-2)11-10-22(4)16-19-14-17(3)13-18(20(19)24)15-21-9-8-12-25-5;6*1-2(3)4;;;;;;;/h2*13-15,24H,6-12,16H2,1-5H3;6*2-4H,1H3;;;;;;2*1H2/q;;;;;;;;;;;2*+2;;. The summed E-state index contributed by atoms with van der Waals surface area (Å²) >= 11 is 3.68. The molecule has 502 valence electrons. The number of hydrogen-bond donors (Lipinski definition) is 14. The molecule has 0 saturated heterocycles. The molecule has 0 aliphatic heterocycles. The third-order valence-corrected chi connectivity index (χ3v) is 10.1. The number of phenolic OH excluding ortho intramolecular Hbond substituents is 2. The van der Waals surface area contributed by atoms with Gasteiger partial charge in [0.25, 0.3) is 0 Å². The molecule has 0 amide bonds. The summed E-state index contributed by atoms with van der Waals surface area (Å²) in [6.07, 6.45) is 3.01. The fourth-order valence-electron chi connectivity index (χ4n) is 5.58. The number of benzene rings is 2. The number of phenols is 2. The van der Waals surface area contributed by atoms with E-state index in [4.69, 9.17) is 61.3 Å². The van der Waals surface area contributed by atoms with Gasteiger partial charge in [-0.2, -0.15) is 23.5 Å². The van der Waals surface area contributed by atoms with Crippen molar-refractivity contribution < 1.29 is 165 Å². The minimum atomic E-state index is -1.17. The Kier molecular flexibility index (Phi) is 108. The van der Waals surface area contributed by atoms with Crippen molar-refractivity contribution in [3.8, 4) is 11.5 Å². The number of hydrogen-bond acceptors (Lipinski definition) is 22. The van der Waals surface area contributed by atoms with Crippen molar-refractivity contribution in [3.63, 3.8) is 0 Å². The van der Waals surface area contributed by atoms with E-state index in [0.717, 1.165) is 136 Å². The van der Waals surface area contributed by atoms with Crippen molar-refractivity contribution in [1.82, 2.24) is 19.6 Å². The van der Waals surface area contributed by atoms with E-state index in [1.54, 1.807) is 0 Å². The Hall–Kier alpha value is -0.172. The first-order valence-corrected chi connectivity index (χ1v) is 27.8. The van der Waals surface area contributed by atoms with E-state index in [1.807, 2.05) is 48.1 Å². The second kappa shape index (κ2) is 77.8. The van der Waals surface area contributed by atoms with Crippen LogP contribution in [0.15, 0.2) is 34.3 Å². The Morgan fingerprint density at radius 2 is 0.679 bits per heavy atom. The molecule has 81 heavy (non-hydrogen) atoms. The number of aromatic hydroxyl groups is 2. The summed E-state index contributed by atoms with van der Waals surface area (Å²) in [5.74, 6) is 2.99. The molecule has 0 atom stereocenters. The van der Waals surface area contributed by atoms with Crippen LogP contribution >= 0.6 is 23.5 Å². The van der Waals surface area contributed by atoms with Crippen molar-refractivity contribution in [2.24, 2.45) is 9.98 Å². The van der Waals surface area contributed by atoms with E-state index in [2.05, 4.69) is 110 Å². The van der Waals surface area contributed by atoms with Gasteiger partial charge in [0.2, 0.25) is 0 Å². The van der Waals surface area contributed by atoms with Gasteiger partial charge in [0.05, 0.1) is 0 Å². The van der Waals surface area contributed by atoms with Gasteiger partial charge >= 0.3 is 33.0 Å². The van der Waals surface area contributed by atoms with Gasteiger partial charge in [0, 0.05) is 137 Å². The zero-order valence-electron chi connectivity index (χ0n) is 50.6. The molecule has 0 radical (unpaired) electrons. The molecule has 0 heterocycles. The maximum Gasteiger partial charge on any atom is 2.00 e. The monoisotopic (exact) mass is 1430 g/mol. The summed E-state index contributed by atoms with van der Waals surface area (Å²) < 4.78 is 0. The van der Waals surface area contributed by atoms with Crippen LogP contribution in [0.1, 0.15) is 115 Å². The zero-order chi connectivity index (χ0) is 58.8. The maximum atomic E-state index is 10.6. The Bertz CT molecular complexity index is 1450. The van der Waals surface area contributed by atoms with Crippen molar-refractivity contribution in [2.45, 2.75) is 147 Å². The first-order valence-electron chi connectivity index (χ1n) is 25.0. The Balaban J connectivity index is -0.0000000696. The summed E-state index contributed by atoms with van der Waals surface area (Å²) in [5.41, 5.74) is 5.94. The fourth-order valence-corrected chi connectivity index (χ4v) is 6.41. The normalized spacial score (nSPS) is 10.0. The van der Waals surface area contributed by atoms with Gasteiger partial charge in [-0.1, -0.05) is 39.8 Å². The van der Waals surface area contributed by atoms with Gasteiger partial charge in [0.15, 0.2) is 0 Å². The molecule has 2 aromatic carbocycles. The molecule has 0 fully saturated rings. The molecule has 0 aliphatic rings. The molecule has 0 bridgehead atoms. The third-order valence-electron chi connectivity index (χ3n) is 8.72. The van der Waals surface area contributed by atoms with Crippen molar-refractivity contribution in [3.05, 3.63) is 57.6 Å². The summed E-state index contributed by atoms with van der Waals surface area (Å²) in [6.45, 7) is 32.1. The van der Waals surface area contributed by atoms with E-state index in [0.29, 0.717) is 11.5 Å². The second-order valence-corrected chi connectivity index (χ2v) is 18.8. The largest absolute Gasteiger partial charge is 2.00 e. The van der Waals surface area contributed by atoms with E-state index < -0.39 is 37.7 Å². The molecule has 0 unspecified atom stereocenters. The topological polar surface area (TPSA) is 384 Å². The molecule has 18 N–H and O–H groups in total. The van der Waals surface area contributed by atoms with E-state index >= 15 is 0 Å². The molecule has 2 aromatic rings. The van der Waals surface area contributed by atoms with Crippen LogP contribution in [-0.2, 0) is 95.5 Å². The molecule has 22 nitrogen and oxygen atoms in total. The number of aryl methyl sites for hydroxylation is 2. The Labute approximate surface area is 546 Å². The molecular formula is C52H110N6Ni5O16S2+4. The Morgan fingerprint density at radius 1 is 0.457 bits per heavy atom. The van der Waals surface area contributed by atoms with Crippen LogP contribution in [0.2, 0.25) is 0 Å². The second-order valence-electron chi connectivity index (χ2n) is 16.8. The van der Waals surface area contributed by atoms with Crippen molar-refractivity contribution >= 4 is 36.0 Å². The minimum Gasteiger partial charge on any atom is -0.507 e. The average Bonchev–Trinajstić information content (AvgIpc) is 3.26. The summed E-state index contributed by atoms with van der Waals surface area (Å²) in [6, 6.07) is 8.17. The van der Waals surface area contributed by atoms with Crippen LogP contribution in [-0.4, -0.2) is 256 Å². The van der Waals surface area contributed by atoms with Gasteiger partial charge in [-0.05, 0) is 156 Å². The van der Waals surface area contributed by atoms with Crippen LogP contribution in [0.4, 0.5) is 0 Å². The zero-order valence-corrected chi connectivity index (χ0v) is 57.2. The van der Waals surface area contributed by atoms with Crippen molar-refractivity contribution in [2.75, 3.05) is 104 Å². The number of aliphatic imine (C=N–C) groups is 2. The van der Waals surface area contributed by atoms with E-state index in [9.17, 15) is 10.2 Å². The first-order chi connectivity index (χ1) is 34.4. The summed E-state index contributed by atoms with van der Waals surface area (Å²) in [7, 11) is 4.23. The SMILES string of the molecule is CC(O)O.CC(O)O.CC(O)O.CC(O)O.CC(O)O.CC(O)O.CCN(CC)CCN(C)Cc1cc(C)cc(C=NCCCSC)c1O.CCN(CC)CCN(C)Cc1cc(C)cc(C=NCCCSC)c1O.O.O.[Ni+2].[Ni+2].[Ni].[Ni].[Ni]. The molecule has 2 rings (SSSR count). The van der Waals surface area contributed by atoms with Gasteiger partial charge in [0.1, 0.15) is 49.2 Å². The molecule has 0 aromatic heterocycles. The fraction of sp³-hybridized carbons (Fsp3) is 0.731. The third kappa shape index (κ3) is 93.7. The molecule has 0 aliphatic carbocycles. The smallest absolute Gasteiger partial charge is 0.507 e. The summed E-state index contributed by atoms with van der Waals surface area (Å²) in [5, 5.41) is 113.